The molecule has 2 aromatic carbocycles. The van der Waals surface area contributed by atoms with E-state index in [2.05, 4.69) is 29.5 Å². The predicted molar refractivity (Wildman–Crippen MR) is 152 cm³/mol. The van der Waals surface area contributed by atoms with Crippen LogP contribution in [0.15, 0.2) is 60.0 Å². The van der Waals surface area contributed by atoms with Crippen molar-refractivity contribution in [2.75, 3.05) is 20.3 Å². The first-order valence-electron chi connectivity index (χ1n) is 13.1. The van der Waals surface area contributed by atoms with Gasteiger partial charge in [-0.2, -0.15) is 0 Å². The van der Waals surface area contributed by atoms with Crippen LogP contribution in [0.25, 0.3) is 11.0 Å². The lowest BCUT2D eigenvalue weighted by Crippen LogP contribution is -2.44. The molecule has 0 spiro atoms. The number of nitrogens with zero attached hydrogens (tertiary/aromatic N) is 4. The van der Waals surface area contributed by atoms with Crippen molar-refractivity contribution in [3.63, 3.8) is 0 Å². The zero-order valence-corrected chi connectivity index (χ0v) is 23.6. The first-order chi connectivity index (χ1) is 18.9. The maximum atomic E-state index is 14.0. The monoisotopic (exact) mass is 549 g/mol. The van der Waals surface area contributed by atoms with Crippen molar-refractivity contribution >= 4 is 34.2 Å². The molecule has 39 heavy (non-hydrogen) atoms. The number of amides is 2. The first kappa shape index (κ1) is 28.1. The van der Waals surface area contributed by atoms with E-state index < -0.39 is 6.04 Å². The van der Waals surface area contributed by atoms with Crippen LogP contribution >= 0.6 is 11.3 Å². The molecule has 0 aliphatic heterocycles. The number of ether oxygens (including phenoxy) is 2. The van der Waals surface area contributed by atoms with Gasteiger partial charge in [0.05, 0.1) is 25.8 Å². The van der Waals surface area contributed by atoms with Crippen LogP contribution in [0.2, 0.25) is 0 Å². The maximum absolute atomic E-state index is 14.0. The largest absolute Gasteiger partial charge is 0.493 e. The Morgan fingerprint density at radius 2 is 1.92 bits per heavy atom. The summed E-state index contributed by atoms with van der Waals surface area (Å²) in [5.41, 5.74) is 2.09. The molecule has 4 aromatic rings. The average Bonchev–Trinajstić information content (AvgIpc) is 3.59. The quantitative estimate of drug-likeness (QED) is 0.256. The van der Waals surface area contributed by atoms with Gasteiger partial charge in [-0.15, -0.1) is 16.4 Å². The van der Waals surface area contributed by atoms with Crippen molar-refractivity contribution < 1.29 is 19.1 Å². The Morgan fingerprint density at radius 3 is 2.64 bits per heavy atom. The molecule has 0 bridgehead atoms. The number of thiophene rings is 1. The Kier molecular flexibility index (Phi) is 9.54. The van der Waals surface area contributed by atoms with E-state index in [1.807, 2.05) is 54.8 Å². The van der Waals surface area contributed by atoms with Crippen LogP contribution in [-0.2, 0) is 22.7 Å². The molecular formula is C29H35N5O4S. The lowest BCUT2D eigenvalue weighted by Gasteiger charge is -2.31. The number of rotatable bonds is 13. The zero-order chi connectivity index (χ0) is 27.8. The number of carbonyl (C=O) groups is 2. The summed E-state index contributed by atoms with van der Waals surface area (Å²) in [5.74, 6) is 0.998. The van der Waals surface area contributed by atoms with E-state index in [-0.39, 0.29) is 24.9 Å². The minimum absolute atomic E-state index is 0.0597. The van der Waals surface area contributed by atoms with Crippen LogP contribution in [0.1, 0.15) is 43.7 Å². The minimum atomic E-state index is -0.897. The first-order valence-corrected chi connectivity index (χ1v) is 14.0. The highest BCUT2D eigenvalue weighted by Gasteiger charge is 2.33. The van der Waals surface area contributed by atoms with Crippen molar-refractivity contribution in [1.82, 2.24) is 25.2 Å². The summed E-state index contributed by atoms with van der Waals surface area (Å²) in [6, 6.07) is 15.9. The van der Waals surface area contributed by atoms with Crippen LogP contribution < -0.4 is 14.8 Å². The molecule has 9 nitrogen and oxygen atoms in total. The van der Waals surface area contributed by atoms with Gasteiger partial charge >= 0.3 is 0 Å². The second kappa shape index (κ2) is 13.2. The van der Waals surface area contributed by atoms with Gasteiger partial charge in [-0.05, 0) is 60.5 Å². The summed E-state index contributed by atoms with van der Waals surface area (Å²) >= 11 is 1.54. The van der Waals surface area contributed by atoms with E-state index in [1.165, 1.54) is 11.3 Å². The molecule has 4 rings (SSSR count). The highest BCUT2D eigenvalue weighted by Crippen LogP contribution is 2.34. The van der Waals surface area contributed by atoms with Crippen molar-refractivity contribution in [1.29, 1.82) is 0 Å². The number of benzene rings is 2. The van der Waals surface area contributed by atoms with Crippen molar-refractivity contribution in [2.24, 2.45) is 5.92 Å². The lowest BCUT2D eigenvalue weighted by atomic mass is 10.0. The van der Waals surface area contributed by atoms with Gasteiger partial charge in [0.25, 0.3) is 0 Å². The third-order valence-corrected chi connectivity index (χ3v) is 7.18. The minimum Gasteiger partial charge on any atom is -0.493 e. The number of methoxy groups -OCH3 is 1. The van der Waals surface area contributed by atoms with E-state index in [0.29, 0.717) is 41.6 Å². The van der Waals surface area contributed by atoms with Crippen LogP contribution in [0.5, 0.6) is 11.5 Å². The molecular weight excluding hydrogens is 514 g/mol. The van der Waals surface area contributed by atoms with Crippen LogP contribution in [0.4, 0.5) is 0 Å². The summed E-state index contributed by atoms with van der Waals surface area (Å²) in [4.78, 5) is 30.4. The van der Waals surface area contributed by atoms with Crippen molar-refractivity contribution in [3.8, 4) is 11.5 Å². The van der Waals surface area contributed by atoms with Gasteiger partial charge < -0.3 is 19.7 Å². The van der Waals surface area contributed by atoms with Gasteiger partial charge in [-0.1, -0.05) is 43.3 Å². The summed E-state index contributed by atoms with van der Waals surface area (Å²) in [6.45, 7) is 7.30. The molecule has 0 fully saturated rings. The molecule has 0 unspecified atom stereocenters. The SMILES string of the molecule is CCOc1ccc([C@H](C(=O)NCCC(C)C)N(Cc2cccs2)C(=O)Cn2nnc3ccccc32)cc1OC. The number of hydrogen-bond acceptors (Lipinski definition) is 7. The van der Waals surface area contributed by atoms with Crippen molar-refractivity contribution in [3.05, 3.63) is 70.4 Å². The van der Waals surface area contributed by atoms with Crippen LogP contribution in [-0.4, -0.2) is 52.0 Å². The summed E-state index contributed by atoms with van der Waals surface area (Å²) in [6.07, 6.45) is 0.828. The molecule has 206 valence electrons. The predicted octanol–water partition coefficient (Wildman–Crippen LogP) is 4.83. The number of carbonyl (C=O) groups excluding carboxylic acids is 2. The van der Waals surface area contributed by atoms with Crippen LogP contribution in [0.3, 0.4) is 0 Å². The van der Waals surface area contributed by atoms with E-state index in [1.54, 1.807) is 28.8 Å². The number of fused-ring (bicyclic) bond motifs is 1. The fraction of sp³-hybridized carbons (Fsp3) is 0.379. The molecule has 0 saturated heterocycles. The summed E-state index contributed by atoms with van der Waals surface area (Å²) in [5, 5.41) is 13.4. The van der Waals surface area contributed by atoms with E-state index in [4.69, 9.17) is 9.47 Å². The van der Waals surface area contributed by atoms with E-state index >= 15 is 0 Å². The van der Waals surface area contributed by atoms with Gasteiger partial charge in [0, 0.05) is 11.4 Å². The average molecular weight is 550 g/mol. The smallest absolute Gasteiger partial charge is 0.247 e. The fourth-order valence-electron chi connectivity index (χ4n) is 4.33. The summed E-state index contributed by atoms with van der Waals surface area (Å²) < 4.78 is 12.9. The van der Waals surface area contributed by atoms with Crippen LogP contribution in [0, 0.1) is 5.92 Å². The van der Waals surface area contributed by atoms with Crippen molar-refractivity contribution in [2.45, 2.75) is 46.3 Å². The molecule has 0 aliphatic carbocycles. The molecule has 2 amide bonds. The molecule has 1 atom stereocenters. The highest BCUT2D eigenvalue weighted by molar-refractivity contribution is 7.09. The fourth-order valence-corrected chi connectivity index (χ4v) is 5.03. The molecule has 2 heterocycles. The number of hydrogen-bond donors (Lipinski definition) is 1. The topological polar surface area (TPSA) is 98.6 Å². The van der Waals surface area contributed by atoms with Gasteiger partial charge in [0.2, 0.25) is 11.8 Å². The third kappa shape index (κ3) is 6.94. The molecule has 0 saturated carbocycles. The lowest BCUT2D eigenvalue weighted by molar-refractivity contribution is -0.142. The second-order valence-electron chi connectivity index (χ2n) is 9.56. The van der Waals surface area contributed by atoms with Gasteiger partial charge in [0.15, 0.2) is 11.5 Å². The molecule has 1 N–H and O–H groups in total. The van der Waals surface area contributed by atoms with E-state index in [9.17, 15) is 9.59 Å². The Hall–Kier alpha value is -3.92. The zero-order valence-electron chi connectivity index (χ0n) is 22.8. The van der Waals surface area contributed by atoms with Gasteiger partial charge in [0.1, 0.15) is 18.1 Å². The Morgan fingerprint density at radius 1 is 1.10 bits per heavy atom. The van der Waals surface area contributed by atoms with E-state index in [0.717, 1.165) is 16.8 Å². The number of aromatic nitrogens is 3. The molecule has 10 heteroatoms. The van der Waals surface area contributed by atoms with Gasteiger partial charge in [-0.25, -0.2) is 4.68 Å². The third-order valence-electron chi connectivity index (χ3n) is 6.32. The highest BCUT2D eigenvalue weighted by atomic mass is 32.1. The Balaban J connectivity index is 1.74. The van der Waals surface area contributed by atoms with Gasteiger partial charge in [-0.3, -0.25) is 9.59 Å². The molecule has 2 aromatic heterocycles. The summed E-state index contributed by atoms with van der Waals surface area (Å²) in [7, 11) is 1.56. The number of nitrogens with one attached hydrogen (secondary N) is 1. The second-order valence-corrected chi connectivity index (χ2v) is 10.6. The normalized spacial score (nSPS) is 11.9. The standard InChI is InChI=1S/C29H35N5O4S/c1-5-38-25-13-12-21(17-26(25)37-4)28(29(36)30-15-14-20(2)3)33(18-22-9-8-16-39-22)27(35)19-34-24-11-7-6-10-23(24)31-32-34/h6-13,16-17,20,28H,5,14-15,18-19H2,1-4H3,(H,30,36)/t28-/m1/s1. The Labute approximate surface area is 232 Å². The number of para-hydroxylation sites is 1. The molecule has 0 aliphatic rings. The maximum Gasteiger partial charge on any atom is 0.247 e. The Bertz CT molecular complexity index is 1390. The molecule has 0 radical (unpaired) electrons.